The highest BCUT2D eigenvalue weighted by Crippen LogP contribution is 2.28. The molecule has 106 valence electrons. The Bertz CT molecular complexity index is 535. The van der Waals surface area contributed by atoms with Gasteiger partial charge in [-0.3, -0.25) is 0 Å². The third kappa shape index (κ3) is 4.66. The molecule has 0 aliphatic heterocycles. The maximum atomic E-state index is 4.54. The first-order chi connectivity index (χ1) is 9.65. The monoisotopic (exact) mass is 286 g/mol. The molecule has 2 rings (SSSR count). The maximum absolute atomic E-state index is 4.54. The van der Waals surface area contributed by atoms with Crippen molar-refractivity contribution in [1.82, 2.24) is 10.3 Å². The van der Waals surface area contributed by atoms with Gasteiger partial charge in [0.25, 0.3) is 0 Å². The summed E-state index contributed by atoms with van der Waals surface area (Å²) in [7, 11) is 0. The Kier molecular flexibility index (Phi) is 5.62. The topological polar surface area (TPSA) is 24.9 Å². The van der Waals surface area contributed by atoms with Crippen LogP contribution in [0.5, 0.6) is 0 Å². The molecule has 0 unspecified atom stereocenters. The van der Waals surface area contributed by atoms with Gasteiger partial charge in [-0.2, -0.15) is 0 Å². The van der Waals surface area contributed by atoms with Crippen molar-refractivity contribution in [1.29, 1.82) is 0 Å². The Hall–Kier alpha value is -1.32. The van der Waals surface area contributed by atoms with Crippen molar-refractivity contribution in [2.45, 2.75) is 37.2 Å². The van der Waals surface area contributed by atoms with Gasteiger partial charge in [0, 0.05) is 17.6 Å². The Morgan fingerprint density at radius 3 is 2.60 bits per heavy atom. The first kappa shape index (κ1) is 15.1. The molecule has 0 aliphatic rings. The van der Waals surface area contributed by atoms with Crippen molar-refractivity contribution in [3.63, 3.8) is 0 Å². The third-order valence-corrected chi connectivity index (χ3v) is 4.12. The number of nitrogens with zero attached hydrogens (tertiary/aromatic N) is 1. The highest BCUT2D eigenvalue weighted by molar-refractivity contribution is 7.99. The number of hydrogen-bond donors (Lipinski definition) is 1. The van der Waals surface area contributed by atoms with Crippen molar-refractivity contribution in [3.8, 4) is 0 Å². The lowest BCUT2D eigenvalue weighted by Gasteiger charge is -2.08. The fourth-order valence-corrected chi connectivity index (χ4v) is 2.71. The standard InChI is InChI=1S/C17H22N2S/c1-13(2)10-18-11-15-8-9-17(19-12-15)20-16-7-5-4-6-14(16)3/h4-9,12-13,18H,10-11H2,1-3H3. The average molecular weight is 286 g/mol. The van der Waals surface area contributed by atoms with Crippen LogP contribution in [0.1, 0.15) is 25.0 Å². The van der Waals surface area contributed by atoms with Crippen LogP contribution >= 0.6 is 11.8 Å². The SMILES string of the molecule is Cc1ccccc1Sc1ccc(CNCC(C)C)cn1. The minimum Gasteiger partial charge on any atom is -0.312 e. The highest BCUT2D eigenvalue weighted by Gasteiger charge is 2.02. The Labute approximate surface area is 126 Å². The second-order valence-electron chi connectivity index (χ2n) is 5.40. The van der Waals surface area contributed by atoms with E-state index in [0.717, 1.165) is 18.1 Å². The van der Waals surface area contributed by atoms with Crippen molar-refractivity contribution >= 4 is 11.8 Å². The van der Waals surface area contributed by atoms with Crippen LogP contribution in [-0.2, 0) is 6.54 Å². The summed E-state index contributed by atoms with van der Waals surface area (Å²) in [6.45, 7) is 8.49. The first-order valence-corrected chi connectivity index (χ1v) is 7.86. The van der Waals surface area contributed by atoms with Gasteiger partial charge in [0.05, 0.1) is 0 Å². The minimum atomic E-state index is 0.679. The van der Waals surface area contributed by atoms with E-state index < -0.39 is 0 Å². The van der Waals surface area contributed by atoms with Crippen molar-refractivity contribution in [3.05, 3.63) is 53.7 Å². The largest absolute Gasteiger partial charge is 0.312 e. The number of hydrogen-bond acceptors (Lipinski definition) is 3. The van der Waals surface area contributed by atoms with Crippen molar-refractivity contribution in [2.75, 3.05) is 6.54 Å². The van der Waals surface area contributed by atoms with Crippen LogP contribution in [0, 0.1) is 12.8 Å². The van der Waals surface area contributed by atoms with Crippen molar-refractivity contribution < 1.29 is 0 Å². The van der Waals surface area contributed by atoms with E-state index in [-0.39, 0.29) is 0 Å². The molecule has 0 radical (unpaired) electrons. The molecule has 0 spiro atoms. The predicted molar refractivity (Wildman–Crippen MR) is 86.1 cm³/mol. The molecule has 20 heavy (non-hydrogen) atoms. The third-order valence-electron chi connectivity index (χ3n) is 2.99. The molecule has 1 heterocycles. The van der Waals surface area contributed by atoms with E-state index in [1.165, 1.54) is 16.0 Å². The molecule has 0 aliphatic carbocycles. The van der Waals surface area contributed by atoms with Gasteiger partial charge in [-0.15, -0.1) is 0 Å². The molecule has 0 saturated carbocycles. The molecule has 1 aromatic carbocycles. The average Bonchev–Trinajstić information content (AvgIpc) is 2.43. The normalized spacial score (nSPS) is 11.0. The molecular weight excluding hydrogens is 264 g/mol. The van der Waals surface area contributed by atoms with Gasteiger partial charge in [0.1, 0.15) is 5.03 Å². The Morgan fingerprint density at radius 2 is 1.95 bits per heavy atom. The summed E-state index contributed by atoms with van der Waals surface area (Å²) in [4.78, 5) is 5.80. The van der Waals surface area contributed by atoms with E-state index in [9.17, 15) is 0 Å². The molecular formula is C17H22N2S. The summed E-state index contributed by atoms with van der Waals surface area (Å²) in [5.41, 5.74) is 2.53. The van der Waals surface area contributed by atoms with Crippen molar-refractivity contribution in [2.24, 2.45) is 5.92 Å². The molecule has 0 atom stereocenters. The summed E-state index contributed by atoms with van der Waals surface area (Å²) in [5, 5.41) is 4.48. The van der Waals surface area contributed by atoms with Crippen LogP contribution in [0.25, 0.3) is 0 Å². The fraction of sp³-hybridized carbons (Fsp3) is 0.353. The van der Waals surface area contributed by atoms with Gasteiger partial charge in [0.2, 0.25) is 0 Å². The van der Waals surface area contributed by atoms with Crippen LogP contribution in [0.15, 0.2) is 52.5 Å². The summed E-state index contributed by atoms with van der Waals surface area (Å²) < 4.78 is 0. The zero-order chi connectivity index (χ0) is 14.4. The van der Waals surface area contributed by atoms with Gasteiger partial charge in [-0.25, -0.2) is 4.98 Å². The van der Waals surface area contributed by atoms with Crippen LogP contribution in [0.3, 0.4) is 0 Å². The molecule has 0 fully saturated rings. The van der Waals surface area contributed by atoms with Gasteiger partial charge >= 0.3 is 0 Å². The molecule has 1 aromatic heterocycles. The molecule has 0 bridgehead atoms. The molecule has 0 amide bonds. The number of rotatable bonds is 6. The number of aromatic nitrogens is 1. The second kappa shape index (κ2) is 7.46. The molecule has 1 N–H and O–H groups in total. The lowest BCUT2D eigenvalue weighted by atomic mass is 10.2. The number of pyridine rings is 1. The highest BCUT2D eigenvalue weighted by atomic mass is 32.2. The Morgan fingerprint density at radius 1 is 1.15 bits per heavy atom. The van der Waals surface area contributed by atoms with Gasteiger partial charge in [-0.05, 0) is 42.6 Å². The predicted octanol–water partition coefficient (Wildman–Crippen LogP) is 4.29. The minimum absolute atomic E-state index is 0.679. The number of nitrogens with one attached hydrogen (secondary N) is 1. The molecule has 0 saturated heterocycles. The first-order valence-electron chi connectivity index (χ1n) is 7.04. The Balaban J connectivity index is 1.93. The summed E-state index contributed by atoms with van der Waals surface area (Å²) in [5.74, 6) is 0.679. The quantitative estimate of drug-likeness (QED) is 0.857. The molecule has 2 nitrogen and oxygen atoms in total. The summed E-state index contributed by atoms with van der Waals surface area (Å²) in [6.07, 6.45) is 1.97. The smallest absolute Gasteiger partial charge is 0.101 e. The zero-order valence-corrected chi connectivity index (χ0v) is 13.2. The fourth-order valence-electron chi connectivity index (χ4n) is 1.86. The number of benzene rings is 1. The lowest BCUT2D eigenvalue weighted by Crippen LogP contribution is -2.18. The summed E-state index contributed by atoms with van der Waals surface area (Å²) in [6, 6.07) is 12.7. The van der Waals surface area contributed by atoms with Crippen LogP contribution in [0.2, 0.25) is 0 Å². The maximum Gasteiger partial charge on any atom is 0.101 e. The van der Waals surface area contributed by atoms with Crippen LogP contribution in [0.4, 0.5) is 0 Å². The van der Waals surface area contributed by atoms with Gasteiger partial charge < -0.3 is 5.32 Å². The van der Waals surface area contributed by atoms with E-state index >= 15 is 0 Å². The van der Waals surface area contributed by atoms with E-state index in [1.54, 1.807) is 11.8 Å². The van der Waals surface area contributed by atoms with E-state index in [2.05, 4.69) is 67.5 Å². The molecule has 3 heteroatoms. The van der Waals surface area contributed by atoms with E-state index in [1.807, 2.05) is 6.20 Å². The second-order valence-corrected chi connectivity index (χ2v) is 6.46. The number of aryl methyl sites for hydroxylation is 1. The zero-order valence-electron chi connectivity index (χ0n) is 12.4. The lowest BCUT2D eigenvalue weighted by molar-refractivity contribution is 0.551. The molecule has 2 aromatic rings. The summed E-state index contributed by atoms with van der Waals surface area (Å²) >= 11 is 1.72. The van der Waals surface area contributed by atoms with E-state index in [4.69, 9.17) is 0 Å². The van der Waals surface area contributed by atoms with Crippen LogP contribution in [-0.4, -0.2) is 11.5 Å². The van der Waals surface area contributed by atoms with Gasteiger partial charge in [0.15, 0.2) is 0 Å². The van der Waals surface area contributed by atoms with Crippen LogP contribution < -0.4 is 5.32 Å². The van der Waals surface area contributed by atoms with E-state index in [0.29, 0.717) is 5.92 Å². The van der Waals surface area contributed by atoms with Gasteiger partial charge in [-0.1, -0.05) is 49.9 Å².